The summed E-state index contributed by atoms with van der Waals surface area (Å²) in [5.74, 6) is -0.747. The summed E-state index contributed by atoms with van der Waals surface area (Å²) in [4.78, 5) is 12.0. The molecule has 2 aromatic carbocycles. The third kappa shape index (κ3) is 3.91. The predicted octanol–water partition coefficient (Wildman–Crippen LogP) is 4.51. The Balaban J connectivity index is 2.18. The van der Waals surface area contributed by atoms with Gasteiger partial charge in [-0.1, -0.05) is 40.9 Å². The van der Waals surface area contributed by atoms with E-state index in [9.17, 15) is 9.90 Å². The summed E-state index contributed by atoms with van der Waals surface area (Å²) >= 11 is 17.6. The number of nitrogens with one attached hydrogen (secondary N) is 1. The van der Waals surface area contributed by atoms with Gasteiger partial charge < -0.3 is 5.11 Å². The first-order valence-corrected chi connectivity index (χ1v) is 7.30. The van der Waals surface area contributed by atoms with Gasteiger partial charge in [0.1, 0.15) is 5.75 Å². The molecule has 114 valence electrons. The maximum absolute atomic E-state index is 12.0. The Bertz CT molecular complexity index is 760. The van der Waals surface area contributed by atoms with Crippen LogP contribution in [0.1, 0.15) is 22.8 Å². The molecule has 4 nitrogen and oxygen atoms in total. The summed E-state index contributed by atoms with van der Waals surface area (Å²) in [5.41, 5.74) is 3.64. The molecule has 0 radical (unpaired) electrons. The van der Waals surface area contributed by atoms with Gasteiger partial charge in [-0.05, 0) is 42.8 Å². The van der Waals surface area contributed by atoms with E-state index in [1.165, 1.54) is 18.2 Å². The predicted molar refractivity (Wildman–Crippen MR) is 89.3 cm³/mol. The molecule has 0 unspecified atom stereocenters. The van der Waals surface area contributed by atoms with Gasteiger partial charge in [-0.15, -0.1) is 0 Å². The Labute approximate surface area is 142 Å². The minimum Gasteiger partial charge on any atom is -0.507 e. The molecule has 0 saturated heterocycles. The van der Waals surface area contributed by atoms with Gasteiger partial charge in [0, 0.05) is 5.02 Å². The van der Waals surface area contributed by atoms with Gasteiger partial charge in [0.25, 0.3) is 5.91 Å². The van der Waals surface area contributed by atoms with Crippen molar-refractivity contribution in [3.63, 3.8) is 0 Å². The van der Waals surface area contributed by atoms with E-state index in [4.69, 9.17) is 34.8 Å². The fraction of sp³-hybridized carbons (Fsp3) is 0.0667. The highest BCUT2D eigenvalue weighted by Crippen LogP contribution is 2.23. The average Bonchev–Trinajstić information content (AvgIpc) is 2.49. The molecule has 2 N–H and O–H groups in total. The van der Waals surface area contributed by atoms with Crippen molar-refractivity contribution in [2.24, 2.45) is 5.10 Å². The molecular formula is C15H11Cl3N2O2. The topological polar surface area (TPSA) is 61.7 Å². The molecular weight excluding hydrogens is 347 g/mol. The highest BCUT2D eigenvalue weighted by Gasteiger charge is 2.11. The van der Waals surface area contributed by atoms with Crippen molar-refractivity contribution in [1.82, 2.24) is 5.43 Å². The second kappa shape index (κ2) is 7.01. The molecule has 0 atom stereocenters. The zero-order chi connectivity index (χ0) is 16.3. The van der Waals surface area contributed by atoms with Gasteiger partial charge in [-0.2, -0.15) is 5.10 Å². The first-order chi connectivity index (χ1) is 10.4. The van der Waals surface area contributed by atoms with Crippen molar-refractivity contribution in [3.8, 4) is 5.75 Å². The lowest BCUT2D eigenvalue weighted by Gasteiger charge is -2.06. The SMILES string of the molecule is CC(=NNC(=O)c1cc(Cl)ccc1O)c1ccc(Cl)c(Cl)c1. The molecule has 0 fully saturated rings. The van der Waals surface area contributed by atoms with Crippen molar-refractivity contribution in [2.75, 3.05) is 0 Å². The number of phenolic OH excluding ortho intramolecular Hbond substituents is 1. The van der Waals surface area contributed by atoms with Crippen LogP contribution < -0.4 is 5.43 Å². The van der Waals surface area contributed by atoms with Crippen LogP contribution in [0.4, 0.5) is 0 Å². The smallest absolute Gasteiger partial charge is 0.275 e. The molecule has 0 aromatic heterocycles. The minimum absolute atomic E-state index is 0.0400. The van der Waals surface area contributed by atoms with Gasteiger partial charge in [0.2, 0.25) is 0 Å². The third-order valence-corrected chi connectivity index (χ3v) is 3.84. The standard InChI is InChI=1S/C15H11Cl3N2O2/c1-8(9-2-4-12(17)13(18)6-9)19-20-15(22)11-7-10(16)3-5-14(11)21/h2-7,21H,1H3,(H,20,22). The maximum atomic E-state index is 12.0. The van der Waals surface area contributed by atoms with Gasteiger partial charge in [0.15, 0.2) is 0 Å². The molecule has 2 rings (SSSR count). The van der Waals surface area contributed by atoms with Crippen LogP contribution in [0.5, 0.6) is 5.75 Å². The van der Waals surface area contributed by atoms with E-state index in [-0.39, 0.29) is 11.3 Å². The Kier molecular flexibility index (Phi) is 5.29. The van der Waals surface area contributed by atoms with Crippen LogP contribution >= 0.6 is 34.8 Å². The molecule has 0 saturated carbocycles. The first kappa shape index (κ1) is 16.6. The second-order valence-electron chi connectivity index (χ2n) is 4.43. The van der Waals surface area contributed by atoms with Gasteiger partial charge >= 0.3 is 0 Å². The van der Waals surface area contributed by atoms with Crippen LogP contribution in [0.2, 0.25) is 15.1 Å². The van der Waals surface area contributed by atoms with E-state index in [1.54, 1.807) is 25.1 Å². The van der Waals surface area contributed by atoms with Crippen molar-refractivity contribution < 1.29 is 9.90 Å². The summed E-state index contributed by atoms with van der Waals surface area (Å²) < 4.78 is 0. The van der Waals surface area contributed by atoms with Gasteiger partial charge in [0.05, 0.1) is 21.3 Å². The molecule has 7 heteroatoms. The lowest BCUT2D eigenvalue weighted by atomic mass is 10.1. The molecule has 0 bridgehead atoms. The third-order valence-electron chi connectivity index (χ3n) is 2.87. The highest BCUT2D eigenvalue weighted by atomic mass is 35.5. The van der Waals surface area contributed by atoms with Crippen LogP contribution in [0, 0.1) is 0 Å². The summed E-state index contributed by atoms with van der Waals surface area (Å²) in [6, 6.07) is 9.20. The number of carbonyl (C=O) groups excluding carboxylic acids is 1. The van der Waals surface area contributed by atoms with Crippen LogP contribution in [0.3, 0.4) is 0 Å². The lowest BCUT2D eigenvalue weighted by molar-refractivity contribution is 0.0952. The molecule has 0 aliphatic carbocycles. The quantitative estimate of drug-likeness (QED) is 0.627. The number of phenols is 1. The largest absolute Gasteiger partial charge is 0.507 e. The van der Waals surface area contributed by atoms with Crippen LogP contribution in [0.25, 0.3) is 0 Å². The second-order valence-corrected chi connectivity index (χ2v) is 5.68. The number of carbonyl (C=O) groups is 1. The highest BCUT2D eigenvalue weighted by molar-refractivity contribution is 6.42. The van der Waals surface area contributed by atoms with E-state index in [2.05, 4.69) is 10.5 Å². The minimum atomic E-state index is -0.570. The number of hydrogen-bond acceptors (Lipinski definition) is 3. The van der Waals surface area contributed by atoms with Crippen molar-refractivity contribution in [2.45, 2.75) is 6.92 Å². The van der Waals surface area contributed by atoms with Gasteiger partial charge in [-0.3, -0.25) is 4.79 Å². The number of amides is 1. The zero-order valence-electron chi connectivity index (χ0n) is 11.4. The summed E-state index contributed by atoms with van der Waals surface area (Å²) in [5, 5.41) is 14.8. The summed E-state index contributed by atoms with van der Waals surface area (Å²) in [7, 11) is 0. The first-order valence-electron chi connectivity index (χ1n) is 6.17. The number of nitrogens with zero attached hydrogens (tertiary/aromatic N) is 1. The van der Waals surface area contributed by atoms with Gasteiger partial charge in [-0.25, -0.2) is 5.43 Å². The van der Waals surface area contributed by atoms with Crippen LogP contribution in [-0.4, -0.2) is 16.7 Å². The molecule has 0 aliphatic heterocycles. The van der Waals surface area contributed by atoms with Crippen molar-refractivity contribution in [3.05, 3.63) is 62.6 Å². The number of aromatic hydroxyl groups is 1. The summed E-state index contributed by atoms with van der Waals surface area (Å²) in [6.07, 6.45) is 0. The Morgan fingerprint density at radius 2 is 1.82 bits per heavy atom. The Morgan fingerprint density at radius 3 is 2.50 bits per heavy atom. The average molecular weight is 358 g/mol. The van der Waals surface area contributed by atoms with Crippen molar-refractivity contribution >= 4 is 46.4 Å². The Morgan fingerprint density at radius 1 is 1.09 bits per heavy atom. The van der Waals surface area contributed by atoms with E-state index in [0.29, 0.717) is 26.3 Å². The van der Waals surface area contributed by atoms with E-state index < -0.39 is 5.91 Å². The molecule has 2 aromatic rings. The van der Waals surface area contributed by atoms with Crippen LogP contribution in [-0.2, 0) is 0 Å². The number of halogens is 3. The maximum Gasteiger partial charge on any atom is 0.275 e. The van der Waals surface area contributed by atoms with E-state index in [0.717, 1.165) is 0 Å². The molecule has 22 heavy (non-hydrogen) atoms. The number of hydrogen-bond donors (Lipinski definition) is 2. The monoisotopic (exact) mass is 356 g/mol. The van der Waals surface area contributed by atoms with E-state index >= 15 is 0 Å². The zero-order valence-corrected chi connectivity index (χ0v) is 13.7. The van der Waals surface area contributed by atoms with E-state index in [1.807, 2.05) is 0 Å². The normalized spacial score (nSPS) is 11.4. The fourth-order valence-electron chi connectivity index (χ4n) is 1.67. The fourth-order valence-corrected chi connectivity index (χ4v) is 2.14. The van der Waals surface area contributed by atoms with Crippen LogP contribution in [0.15, 0.2) is 41.5 Å². The molecule has 1 amide bonds. The molecule has 0 spiro atoms. The Hall–Kier alpha value is -1.75. The molecule has 0 heterocycles. The van der Waals surface area contributed by atoms with Crippen molar-refractivity contribution in [1.29, 1.82) is 0 Å². The lowest BCUT2D eigenvalue weighted by Crippen LogP contribution is -2.19. The molecule has 0 aliphatic rings. The number of benzene rings is 2. The summed E-state index contributed by atoms with van der Waals surface area (Å²) in [6.45, 7) is 1.71. The number of rotatable bonds is 3. The number of hydrazone groups is 1.